The smallest absolute Gasteiger partial charge is 0.166 e. The lowest BCUT2D eigenvalue weighted by Crippen LogP contribution is -2.37. The van der Waals surface area contributed by atoms with Crippen LogP contribution < -0.4 is 4.74 Å². The quantitative estimate of drug-likeness (QED) is 0.666. The molecule has 0 spiro atoms. The average molecular weight is 416 g/mol. The van der Waals surface area contributed by atoms with E-state index >= 15 is 0 Å². The lowest BCUT2D eigenvalue weighted by Gasteiger charge is -2.26. The summed E-state index contributed by atoms with van der Waals surface area (Å²) in [6.45, 7) is 1.64. The van der Waals surface area contributed by atoms with E-state index in [0.29, 0.717) is 10.6 Å². The van der Waals surface area contributed by atoms with Crippen LogP contribution in [-0.2, 0) is 25.2 Å². The Hall–Kier alpha value is -2.67. The molecule has 1 aliphatic rings. The van der Waals surface area contributed by atoms with Crippen molar-refractivity contribution >= 4 is 28.1 Å². The molecule has 1 saturated carbocycles. The van der Waals surface area contributed by atoms with Crippen LogP contribution in [0.25, 0.3) is 0 Å². The average Bonchev–Trinajstić information content (AvgIpc) is 2.68. The number of hydrogen-bond acceptors (Lipinski definition) is 5. The molecule has 7 heteroatoms. The maximum Gasteiger partial charge on any atom is 0.166 e. The third kappa shape index (κ3) is 4.67. The van der Waals surface area contributed by atoms with E-state index in [-0.39, 0.29) is 48.3 Å². The van der Waals surface area contributed by atoms with Gasteiger partial charge in [-0.1, -0.05) is 19.1 Å². The molecule has 0 heterocycles. The zero-order chi connectivity index (χ0) is 21.1. The second kappa shape index (κ2) is 8.78. The molecule has 0 saturated heterocycles. The van der Waals surface area contributed by atoms with E-state index in [1.807, 2.05) is 0 Å². The number of rotatable bonds is 6. The van der Waals surface area contributed by atoms with Gasteiger partial charge >= 0.3 is 0 Å². The van der Waals surface area contributed by atoms with Crippen LogP contribution >= 0.6 is 0 Å². The largest absolute Gasteiger partial charge is 0.454 e. The predicted octanol–water partition coefficient (Wildman–Crippen LogP) is 3.97. The minimum Gasteiger partial charge on any atom is -0.454 e. The molecule has 0 aliphatic heterocycles. The summed E-state index contributed by atoms with van der Waals surface area (Å²) >= 11 is 0. The fraction of sp³-hybridized carbons (Fsp3) is 0.318. The van der Waals surface area contributed by atoms with Crippen molar-refractivity contribution in [3.8, 4) is 11.5 Å². The summed E-state index contributed by atoms with van der Waals surface area (Å²) in [6.07, 6.45) is 1.84. The second-order valence-electron chi connectivity index (χ2n) is 7.01. The van der Waals surface area contributed by atoms with Crippen molar-refractivity contribution in [2.75, 3.05) is 6.26 Å². The standard InChI is InChI=1S/C22H21FO5S/c1-3-18(24)22-19(25)10-14(11-20(22)26)13-5-4-6-15(9-13)28-21-8-7-16(29(2)27)12-17(21)23/h4-9,12,14,22H,3,10-11H2,1-2H3. The highest BCUT2D eigenvalue weighted by Crippen LogP contribution is 2.35. The van der Waals surface area contributed by atoms with Crippen molar-refractivity contribution in [2.45, 2.75) is 37.0 Å². The summed E-state index contributed by atoms with van der Waals surface area (Å²) in [5.74, 6) is -2.78. The van der Waals surface area contributed by atoms with E-state index in [9.17, 15) is 23.0 Å². The predicted molar refractivity (Wildman–Crippen MR) is 106 cm³/mol. The van der Waals surface area contributed by atoms with Gasteiger partial charge in [-0.15, -0.1) is 0 Å². The van der Waals surface area contributed by atoms with Crippen molar-refractivity contribution in [1.82, 2.24) is 0 Å². The van der Waals surface area contributed by atoms with Gasteiger partial charge in [-0.3, -0.25) is 18.6 Å². The molecule has 1 aliphatic carbocycles. The number of benzene rings is 2. The van der Waals surface area contributed by atoms with Gasteiger partial charge in [-0.05, 0) is 41.8 Å². The first kappa shape index (κ1) is 21.0. The first-order valence-corrected chi connectivity index (χ1v) is 10.8. The Labute approximate surface area is 170 Å². The van der Waals surface area contributed by atoms with Crippen molar-refractivity contribution < 1.29 is 27.7 Å². The lowest BCUT2D eigenvalue weighted by atomic mass is 9.75. The van der Waals surface area contributed by atoms with Crippen LogP contribution in [0.15, 0.2) is 47.4 Å². The van der Waals surface area contributed by atoms with Crippen LogP contribution in [0.4, 0.5) is 4.39 Å². The van der Waals surface area contributed by atoms with E-state index < -0.39 is 22.5 Å². The van der Waals surface area contributed by atoms with Gasteiger partial charge in [0.05, 0.1) is 0 Å². The van der Waals surface area contributed by atoms with Crippen LogP contribution in [0.5, 0.6) is 11.5 Å². The van der Waals surface area contributed by atoms with Crippen molar-refractivity contribution in [2.24, 2.45) is 5.92 Å². The van der Waals surface area contributed by atoms with Gasteiger partial charge in [0, 0.05) is 41.2 Å². The summed E-state index contributed by atoms with van der Waals surface area (Å²) in [4.78, 5) is 36.9. The molecule has 0 radical (unpaired) electrons. The number of hydrogen-bond donors (Lipinski definition) is 0. The molecule has 0 aromatic heterocycles. The monoisotopic (exact) mass is 416 g/mol. The fourth-order valence-electron chi connectivity index (χ4n) is 3.47. The summed E-state index contributed by atoms with van der Waals surface area (Å²) in [6, 6.07) is 10.9. The lowest BCUT2D eigenvalue weighted by molar-refractivity contribution is -0.142. The Morgan fingerprint density at radius 2 is 1.83 bits per heavy atom. The first-order chi connectivity index (χ1) is 13.8. The second-order valence-corrected chi connectivity index (χ2v) is 8.39. The number of carbonyl (C=O) groups excluding carboxylic acids is 3. The molecule has 152 valence electrons. The summed E-state index contributed by atoms with van der Waals surface area (Å²) in [5.41, 5.74) is 0.721. The Morgan fingerprint density at radius 1 is 1.14 bits per heavy atom. The number of ether oxygens (including phenoxy) is 1. The third-order valence-corrected chi connectivity index (χ3v) is 5.92. The van der Waals surface area contributed by atoms with Crippen LogP contribution in [0, 0.1) is 11.7 Å². The zero-order valence-electron chi connectivity index (χ0n) is 16.1. The minimum atomic E-state index is -1.30. The summed E-state index contributed by atoms with van der Waals surface area (Å²) in [5, 5.41) is 0. The van der Waals surface area contributed by atoms with Gasteiger partial charge in [-0.25, -0.2) is 4.39 Å². The topological polar surface area (TPSA) is 77.5 Å². The van der Waals surface area contributed by atoms with Crippen molar-refractivity contribution in [3.63, 3.8) is 0 Å². The Balaban J connectivity index is 1.78. The molecule has 1 unspecified atom stereocenters. The zero-order valence-corrected chi connectivity index (χ0v) is 17.0. The van der Waals surface area contributed by atoms with Crippen LogP contribution in [0.3, 0.4) is 0 Å². The van der Waals surface area contributed by atoms with E-state index in [0.717, 1.165) is 5.56 Å². The van der Waals surface area contributed by atoms with Crippen LogP contribution in [0.2, 0.25) is 0 Å². The SMILES string of the molecule is CCC(=O)C1C(=O)CC(c2cccc(Oc3ccc(S(C)=O)cc3F)c2)CC1=O. The third-order valence-electron chi connectivity index (χ3n) is 5.00. The van der Waals surface area contributed by atoms with Gasteiger partial charge < -0.3 is 4.74 Å². The van der Waals surface area contributed by atoms with E-state index in [4.69, 9.17) is 4.74 Å². The van der Waals surface area contributed by atoms with Gasteiger partial charge in [0.15, 0.2) is 28.9 Å². The van der Waals surface area contributed by atoms with Crippen molar-refractivity contribution in [3.05, 3.63) is 53.8 Å². The van der Waals surface area contributed by atoms with Gasteiger partial charge in [0.1, 0.15) is 11.7 Å². The van der Waals surface area contributed by atoms with E-state index in [1.54, 1.807) is 31.2 Å². The Morgan fingerprint density at radius 3 is 2.41 bits per heavy atom. The van der Waals surface area contributed by atoms with Crippen LogP contribution in [0.1, 0.15) is 37.7 Å². The molecule has 1 atom stereocenters. The van der Waals surface area contributed by atoms with Crippen molar-refractivity contribution in [1.29, 1.82) is 0 Å². The molecule has 5 nitrogen and oxygen atoms in total. The summed E-state index contributed by atoms with van der Waals surface area (Å²) < 4.78 is 31.3. The van der Waals surface area contributed by atoms with E-state index in [2.05, 4.69) is 0 Å². The number of halogens is 1. The molecule has 0 N–H and O–H groups in total. The number of Topliss-reactive ketones (excluding diaryl/α,β-unsaturated/α-hetero) is 3. The number of ketones is 3. The molecule has 2 aromatic carbocycles. The van der Waals surface area contributed by atoms with Gasteiger partial charge in [0.2, 0.25) is 0 Å². The molecular weight excluding hydrogens is 395 g/mol. The molecule has 2 aromatic rings. The molecule has 3 rings (SSSR count). The fourth-order valence-corrected chi connectivity index (χ4v) is 4.00. The molecule has 0 bridgehead atoms. The Kier molecular flexibility index (Phi) is 6.37. The summed E-state index contributed by atoms with van der Waals surface area (Å²) in [7, 11) is -1.30. The maximum absolute atomic E-state index is 14.2. The normalized spacial score (nSPS) is 20.4. The molecule has 0 amide bonds. The van der Waals surface area contributed by atoms with Crippen LogP contribution in [-0.4, -0.2) is 27.8 Å². The molecule has 1 fully saturated rings. The molecular formula is C22H21FO5S. The highest BCUT2D eigenvalue weighted by atomic mass is 32.2. The highest BCUT2D eigenvalue weighted by Gasteiger charge is 2.39. The van der Waals surface area contributed by atoms with Gasteiger partial charge in [-0.2, -0.15) is 0 Å². The first-order valence-electron chi connectivity index (χ1n) is 9.29. The molecule has 29 heavy (non-hydrogen) atoms. The highest BCUT2D eigenvalue weighted by molar-refractivity contribution is 7.84. The Bertz CT molecular complexity index is 982. The maximum atomic E-state index is 14.2. The number of carbonyl (C=O) groups is 3. The van der Waals surface area contributed by atoms with E-state index in [1.165, 1.54) is 24.5 Å². The minimum absolute atomic E-state index is 0.0132. The van der Waals surface area contributed by atoms with Gasteiger partial charge in [0.25, 0.3) is 0 Å².